The minimum absolute atomic E-state index is 0.0445. The lowest BCUT2D eigenvalue weighted by Crippen LogP contribution is -2.01. The van der Waals surface area contributed by atoms with Gasteiger partial charge in [-0.1, -0.05) is 12.1 Å². The summed E-state index contributed by atoms with van der Waals surface area (Å²) in [7, 11) is 0. The summed E-state index contributed by atoms with van der Waals surface area (Å²) < 4.78 is 5.91. The van der Waals surface area contributed by atoms with Crippen LogP contribution < -0.4 is 10.1 Å². The van der Waals surface area contributed by atoms with Crippen LogP contribution in [0, 0.1) is 10.1 Å². The number of nitrogens with one attached hydrogen (secondary N) is 1. The van der Waals surface area contributed by atoms with Crippen molar-refractivity contribution < 1.29 is 9.66 Å². The number of hydrogen-bond acceptors (Lipinski definition) is 4. The zero-order valence-electron chi connectivity index (χ0n) is 11.5. The Labute approximate surface area is 131 Å². The standard InChI is InChI=1S/C15H15BrN2O3/c1-2-21-13-5-3-4-11(8-13)10-17-12-6-7-14(16)15(9-12)18(19)20/h3-9,17H,2,10H2,1H3. The van der Waals surface area contributed by atoms with Crippen molar-refractivity contribution in [2.24, 2.45) is 0 Å². The average molecular weight is 351 g/mol. The summed E-state index contributed by atoms with van der Waals surface area (Å²) in [6, 6.07) is 12.7. The van der Waals surface area contributed by atoms with Gasteiger partial charge >= 0.3 is 0 Å². The quantitative estimate of drug-likeness (QED) is 0.620. The van der Waals surface area contributed by atoms with Crippen molar-refractivity contribution in [1.82, 2.24) is 0 Å². The summed E-state index contributed by atoms with van der Waals surface area (Å²) in [5.41, 5.74) is 1.79. The summed E-state index contributed by atoms with van der Waals surface area (Å²) in [6.07, 6.45) is 0. The summed E-state index contributed by atoms with van der Waals surface area (Å²) in [5, 5.41) is 14.1. The Morgan fingerprint density at radius 1 is 1.29 bits per heavy atom. The molecule has 110 valence electrons. The third-order valence-corrected chi connectivity index (χ3v) is 3.52. The maximum absolute atomic E-state index is 10.9. The van der Waals surface area contributed by atoms with Crippen molar-refractivity contribution in [2.75, 3.05) is 11.9 Å². The van der Waals surface area contributed by atoms with E-state index in [0.717, 1.165) is 11.3 Å². The molecule has 2 rings (SSSR count). The predicted octanol–water partition coefficient (Wildman–Crippen LogP) is 4.37. The first kappa shape index (κ1) is 15.3. The molecule has 6 heteroatoms. The molecule has 0 heterocycles. The molecule has 0 aliphatic carbocycles. The van der Waals surface area contributed by atoms with Gasteiger partial charge in [0.25, 0.3) is 5.69 Å². The first-order chi connectivity index (χ1) is 10.1. The van der Waals surface area contributed by atoms with E-state index >= 15 is 0 Å². The molecule has 0 saturated heterocycles. The van der Waals surface area contributed by atoms with Crippen molar-refractivity contribution >= 4 is 27.3 Å². The Bertz CT molecular complexity index is 647. The summed E-state index contributed by atoms with van der Waals surface area (Å²) in [5.74, 6) is 0.818. The Morgan fingerprint density at radius 2 is 2.10 bits per heavy atom. The number of benzene rings is 2. The number of nitrogens with zero attached hydrogens (tertiary/aromatic N) is 1. The molecule has 0 aliphatic heterocycles. The number of nitro benzene ring substituents is 1. The third-order valence-electron chi connectivity index (χ3n) is 2.85. The highest BCUT2D eigenvalue weighted by Crippen LogP contribution is 2.28. The highest BCUT2D eigenvalue weighted by atomic mass is 79.9. The number of nitro groups is 1. The molecule has 0 spiro atoms. The normalized spacial score (nSPS) is 10.2. The fraction of sp³-hybridized carbons (Fsp3) is 0.200. The molecule has 2 aromatic rings. The molecular weight excluding hydrogens is 336 g/mol. The van der Waals surface area contributed by atoms with Crippen LogP contribution in [0.25, 0.3) is 0 Å². The van der Waals surface area contributed by atoms with E-state index in [0.29, 0.717) is 23.3 Å². The van der Waals surface area contributed by atoms with E-state index < -0.39 is 4.92 Å². The van der Waals surface area contributed by atoms with Gasteiger partial charge in [0, 0.05) is 18.3 Å². The van der Waals surface area contributed by atoms with E-state index in [4.69, 9.17) is 4.74 Å². The maximum Gasteiger partial charge on any atom is 0.285 e. The van der Waals surface area contributed by atoms with E-state index in [-0.39, 0.29) is 5.69 Å². The van der Waals surface area contributed by atoms with Crippen LogP contribution in [-0.2, 0) is 6.54 Å². The Kier molecular flexibility index (Phi) is 5.16. The number of halogens is 1. The molecule has 0 aliphatic rings. The van der Waals surface area contributed by atoms with Crippen molar-refractivity contribution in [3.8, 4) is 5.75 Å². The first-order valence-corrected chi connectivity index (χ1v) is 7.29. The largest absolute Gasteiger partial charge is 0.494 e. The van der Waals surface area contributed by atoms with Gasteiger partial charge in [-0.15, -0.1) is 0 Å². The molecule has 0 radical (unpaired) electrons. The molecule has 0 unspecified atom stereocenters. The highest BCUT2D eigenvalue weighted by Gasteiger charge is 2.12. The average Bonchev–Trinajstić information content (AvgIpc) is 2.47. The van der Waals surface area contributed by atoms with Crippen LogP contribution in [0.2, 0.25) is 0 Å². The summed E-state index contributed by atoms with van der Waals surface area (Å²) in [4.78, 5) is 10.5. The Balaban J connectivity index is 2.07. The van der Waals surface area contributed by atoms with Gasteiger partial charge in [-0.2, -0.15) is 0 Å². The second-order valence-electron chi connectivity index (χ2n) is 4.36. The van der Waals surface area contributed by atoms with E-state index in [1.165, 1.54) is 6.07 Å². The zero-order valence-corrected chi connectivity index (χ0v) is 13.1. The number of anilines is 1. The van der Waals surface area contributed by atoms with Gasteiger partial charge in [-0.25, -0.2) is 0 Å². The van der Waals surface area contributed by atoms with Crippen molar-refractivity contribution in [2.45, 2.75) is 13.5 Å². The van der Waals surface area contributed by atoms with Gasteiger partial charge in [0.15, 0.2) is 0 Å². The second kappa shape index (κ2) is 7.08. The minimum Gasteiger partial charge on any atom is -0.494 e. The number of rotatable bonds is 6. The van der Waals surface area contributed by atoms with E-state index in [1.54, 1.807) is 12.1 Å². The number of hydrogen-bond donors (Lipinski definition) is 1. The van der Waals surface area contributed by atoms with Crippen molar-refractivity contribution in [3.63, 3.8) is 0 Å². The van der Waals surface area contributed by atoms with Crippen LogP contribution in [0.5, 0.6) is 5.75 Å². The van der Waals surface area contributed by atoms with Gasteiger partial charge in [-0.05, 0) is 52.7 Å². The molecule has 0 atom stereocenters. The van der Waals surface area contributed by atoms with Crippen molar-refractivity contribution in [1.29, 1.82) is 0 Å². The summed E-state index contributed by atoms with van der Waals surface area (Å²) in [6.45, 7) is 3.13. The first-order valence-electron chi connectivity index (χ1n) is 6.49. The predicted molar refractivity (Wildman–Crippen MR) is 85.7 cm³/mol. The van der Waals surface area contributed by atoms with Gasteiger partial charge < -0.3 is 10.1 Å². The smallest absolute Gasteiger partial charge is 0.285 e. The third kappa shape index (κ3) is 4.19. The molecule has 5 nitrogen and oxygen atoms in total. The fourth-order valence-corrected chi connectivity index (χ4v) is 2.27. The van der Waals surface area contributed by atoms with E-state index in [9.17, 15) is 10.1 Å². The lowest BCUT2D eigenvalue weighted by atomic mass is 10.2. The SMILES string of the molecule is CCOc1cccc(CNc2ccc(Br)c([N+](=O)[O-])c2)c1. The van der Waals surface area contributed by atoms with E-state index in [1.807, 2.05) is 31.2 Å². The molecule has 1 N–H and O–H groups in total. The van der Waals surface area contributed by atoms with Crippen LogP contribution in [-0.4, -0.2) is 11.5 Å². The highest BCUT2D eigenvalue weighted by molar-refractivity contribution is 9.10. The molecule has 0 aromatic heterocycles. The Morgan fingerprint density at radius 3 is 2.81 bits per heavy atom. The van der Waals surface area contributed by atoms with Crippen LogP contribution in [0.3, 0.4) is 0 Å². The summed E-state index contributed by atoms with van der Waals surface area (Å²) >= 11 is 3.17. The minimum atomic E-state index is -0.412. The van der Waals surface area contributed by atoms with Crippen LogP contribution in [0.15, 0.2) is 46.9 Å². The van der Waals surface area contributed by atoms with Gasteiger partial charge in [-0.3, -0.25) is 10.1 Å². The monoisotopic (exact) mass is 350 g/mol. The maximum atomic E-state index is 10.9. The molecule has 2 aromatic carbocycles. The van der Waals surface area contributed by atoms with Gasteiger partial charge in [0.2, 0.25) is 0 Å². The van der Waals surface area contributed by atoms with Crippen LogP contribution in [0.4, 0.5) is 11.4 Å². The Hall–Kier alpha value is -2.08. The lowest BCUT2D eigenvalue weighted by Gasteiger charge is -2.09. The van der Waals surface area contributed by atoms with Crippen LogP contribution in [0.1, 0.15) is 12.5 Å². The lowest BCUT2D eigenvalue weighted by molar-refractivity contribution is -0.385. The number of ether oxygens (including phenoxy) is 1. The second-order valence-corrected chi connectivity index (χ2v) is 5.21. The molecule has 0 amide bonds. The fourth-order valence-electron chi connectivity index (χ4n) is 1.88. The van der Waals surface area contributed by atoms with Crippen LogP contribution >= 0.6 is 15.9 Å². The van der Waals surface area contributed by atoms with Crippen molar-refractivity contribution in [3.05, 3.63) is 62.6 Å². The molecule has 0 fully saturated rings. The van der Waals surface area contributed by atoms with Gasteiger partial charge in [0.1, 0.15) is 5.75 Å². The molecular formula is C15H15BrN2O3. The van der Waals surface area contributed by atoms with Gasteiger partial charge in [0.05, 0.1) is 16.0 Å². The van der Waals surface area contributed by atoms with E-state index in [2.05, 4.69) is 21.2 Å². The molecule has 0 saturated carbocycles. The molecule has 0 bridgehead atoms. The molecule has 21 heavy (non-hydrogen) atoms. The zero-order chi connectivity index (χ0) is 15.2. The topological polar surface area (TPSA) is 64.4 Å².